The molecule has 0 saturated heterocycles. The van der Waals surface area contributed by atoms with Crippen LogP contribution < -0.4 is 5.32 Å². The van der Waals surface area contributed by atoms with E-state index in [0.717, 1.165) is 30.5 Å². The number of nitrogens with zero attached hydrogens (tertiary/aromatic N) is 2. The van der Waals surface area contributed by atoms with E-state index in [1.165, 1.54) is 0 Å². The average Bonchev–Trinajstić information content (AvgIpc) is 2.58. The van der Waals surface area contributed by atoms with Crippen LogP contribution >= 0.6 is 0 Å². The van der Waals surface area contributed by atoms with Gasteiger partial charge in [-0.2, -0.15) is 26.3 Å². The lowest BCUT2D eigenvalue weighted by Crippen LogP contribution is -2.30. The van der Waals surface area contributed by atoms with Crippen molar-refractivity contribution in [3.05, 3.63) is 47.4 Å². The van der Waals surface area contributed by atoms with Gasteiger partial charge in [0.1, 0.15) is 5.69 Å². The van der Waals surface area contributed by atoms with Gasteiger partial charge in [-0.1, -0.05) is 13.8 Å². The highest BCUT2D eigenvalue weighted by Crippen LogP contribution is 2.33. The summed E-state index contributed by atoms with van der Waals surface area (Å²) >= 11 is 0. The second-order valence-electron chi connectivity index (χ2n) is 6.57. The van der Waals surface area contributed by atoms with Crippen LogP contribution in [0.3, 0.4) is 0 Å². The molecule has 2 aromatic rings. The molecule has 0 saturated carbocycles. The molecule has 2 heterocycles. The van der Waals surface area contributed by atoms with Gasteiger partial charge >= 0.3 is 12.4 Å². The molecule has 1 atom stereocenters. The fraction of sp³-hybridized carbons (Fsp3) is 0.444. The Bertz CT molecular complexity index is 766. The number of hydrogen-bond acceptors (Lipinski definition) is 3. The summed E-state index contributed by atoms with van der Waals surface area (Å²) in [4.78, 5) is 7.44. The molecule has 1 N–H and O–H groups in total. The average molecular weight is 391 g/mol. The maximum atomic E-state index is 13.2. The topological polar surface area (TPSA) is 37.8 Å². The Morgan fingerprint density at radius 3 is 2.11 bits per heavy atom. The summed E-state index contributed by atoms with van der Waals surface area (Å²) in [6.07, 6.45) is -8.35. The van der Waals surface area contributed by atoms with Gasteiger partial charge in [0.05, 0.1) is 17.0 Å². The normalized spacial score (nSPS) is 13.9. The van der Waals surface area contributed by atoms with Crippen LogP contribution in [0.5, 0.6) is 0 Å². The standard InChI is InChI=1S/C18H19F6N3/c1-10(2)11(3)25-9-14-6-13(17(19,20)21)7-15(27-14)12-4-5-16(26-8-12)18(22,23)24/h4-8,10-11,25H,9H2,1-3H3/t11-/m1/s1. The van der Waals surface area contributed by atoms with Gasteiger partial charge in [-0.25, -0.2) is 0 Å². The van der Waals surface area contributed by atoms with E-state index in [-0.39, 0.29) is 35.5 Å². The second kappa shape index (κ2) is 7.84. The van der Waals surface area contributed by atoms with Crippen LogP contribution in [-0.4, -0.2) is 16.0 Å². The van der Waals surface area contributed by atoms with E-state index in [9.17, 15) is 26.3 Å². The van der Waals surface area contributed by atoms with Crippen LogP contribution in [-0.2, 0) is 18.9 Å². The Labute approximate surface area is 152 Å². The summed E-state index contributed by atoms with van der Waals surface area (Å²) in [7, 11) is 0. The van der Waals surface area contributed by atoms with Crippen molar-refractivity contribution >= 4 is 0 Å². The highest BCUT2D eigenvalue weighted by Gasteiger charge is 2.33. The minimum absolute atomic E-state index is 0.0533. The van der Waals surface area contributed by atoms with Gasteiger partial charge in [-0.05, 0) is 37.1 Å². The second-order valence-corrected chi connectivity index (χ2v) is 6.57. The fourth-order valence-corrected chi connectivity index (χ4v) is 2.20. The minimum Gasteiger partial charge on any atom is -0.308 e. The van der Waals surface area contributed by atoms with Crippen molar-refractivity contribution in [2.24, 2.45) is 5.92 Å². The van der Waals surface area contributed by atoms with E-state index in [1.807, 2.05) is 20.8 Å². The minimum atomic E-state index is -4.62. The van der Waals surface area contributed by atoms with Crippen LogP contribution in [0.2, 0.25) is 0 Å². The molecule has 27 heavy (non-hydrogen) atoms. The van der Waals surface area contributed by atoms with Crippen molar-refractivity contribution in [1.29, 1.82) is 0 Å². The lowest BCUT2D eigenvalue weighted by atomic mass is 10.1. The molecule has 0 unspecified atom stereocenters. The Kier molecular flexibility index (Phi) is 6.14. The van der Waals surface area contributed by atoms with Crippen molar-refractivity contribution in [2.45, 2.75) is 45.7 Å². The van der Waals surface area contributed by atoms with Crippen molar-refractivity contribution in [3.8, 4) is 11.3 Å². The Morgan fingerprint density at radius 2 is 1.63 bits per heavy atom. The first kappa shape index (κ1) is 21.1. The number of alkyl halides is 6. The summed E-state index contributed by atoms with van der Waals surface area (Å²) in [5.74, 6) is 0.273. The van der Waals surface area contributed by atoms with Gasteiger partial charge in [0.2, 0.25) is 0 Å². The molecule has 9 heteroatoms. The SMILES string of the molecule is CC(C)[C@@H](C)NCc1cc(C(F)(F)F)cc(-c2ccc(C(F)(F)F)nc2)n1. The molecule has 148 valence electrons. The van der Waals surface area contributed by atoms with Crippen LogP contribution in [0.4, 0.5) is 26.3 Å². The summed E-state index contributed by atoms with van der Waals surface area (Å²) in [5.41, 5.74) is -1.90. The first-order chi connectivity index (χ1) is 12.4. The molecule has 0 fully saturated rings. The lowest BCUT2D eigenvalue weighted by molar-refractivity contribution is -0.141. The molecule has 3 nitrogen and oxygen atoms in total. The third-order valence-corrected chi connectivity index (χ3v) is 4.16. The smallest absolute Gasteiger partial charge is 0.308 e. The predicted molar refractivity (Wildman–Crippen MR) is 88.6 cm³/mol. The van der Waals surface area contributed by atoms with Gasteiger partial charge in [0, 0.05) is 24.3 Å². The van der Waals surface area contributed by atoms with E-state index in [1.54, 1.807) is 0 Å². The molecular formula is C18H19F6N3. The van der Waals surface area contributed by atoms with Crippen LogP contribution in [0.25, 0.3) is 11.3 Å². The van der Waals surface area contributed by atoms with Crippen LogP contribution in [0.1, 0.15) is 37.7 Å². The summed E-state index contributed by atoms with van der Waals surface area (Å²) in [6, 6.07) is 3.57. The predicted octanol–water partition coefficient (Wildman–Crippen LogP) is 5.32. The van der Waals surface area contributed by atoms with Gasteiger partial charge in [-0.15, -0.1) is 0 Å². The van der Waals surface area contributed by atoms with Gasteiger partial charge in [0.25, 0.3) is 0 Å². The van der Waals surface area contributed by atoms with Crippen molar-refractivity contribution in [1.82, 2.24) is 15.3 Å². The number of nitrogens with one attached hydrogen (secondary N) is 1. The van der Waals surface area contributed by atoms with E-state index < -0.39 is 23.6 Å². The molecule has 2 aromatic heterocycles. The molecule has 0 amide bonds. The van der Waals surface area contributed by atoms with Gasteiger partial charge in [0.15, 0.2) is 0 Å². The number of aromatic nitrogens is 2. The van der Waals surface area contributed by atoms with Crippen LogP contribution in [0.15, 0.2) is 30.5 Å². The van der Waals surface area contributed by atoms with E-state index in [0.29, 0.717) is 0 Å². The van der Waals surface area contributed by atoms with Crippen molar-refractivity contribution < 1.29 is 26.3 Å². The molecule has 0 aromatic carbocycles. The summed E-state index contributed by atoms with van der Waals surface area (Å²) in [6.45, 7) is 5.94. The van der Waals surface area contributed by atoms with Crippen molar-refractivity contribution in [3.63, 3.8) is 0 Å². The number of rotatable bonds is 5. The Balaban J connectivity index is 2.38. The third-order valence-electron chi connectivity index (χ3n) is 4.16. The molecular weight excluding hydrogens is 372 g/mol. The molecule has 0 aliphatic carbocycles. The molecule has 0 radical (unpaired) electrons. The van der Waals surface area contributed by atoms with Crippen molar-refractivity contribution in [2.75, 3.05) is 0 Å². The lowest BCUT2D eigenvalue weighted by Gasteiger charge is -2.18. The molecule has 0 spiro atoms. The Morgan fingerprint density at radius 1 is 0.963 bits per heavy atom. The maximum absolute atomic E-state index is 13.2. The first-order valence-corrected chi connectivity index (χ1v) is 8.23. The van der Waals surface area contributed by atoms with E-state index in [2.05, 4.69) is 15.3 Å². The summed E-state index contributed by atoms with van der Waals surface area (Å²) in [5, 5.41) is 3.09. The van der Waals surface area contributed by atoms with Gasteiger partial charge in [-0.3, -0.25) is 9.97 Å². The zero-order chi connectivity index (χ0) is 20.4. The number of hydrogen-bond donors (Lipinski definition) is 1. The highest BCUT2D eigenvalue weighted by molar-refractivity contribution is 5.59. The zero-order valence-electron chi connectivity index (χ0n) is 14.9. The van der Waals surface area contributed by atoms with Gasteiger partial charge < -0.3 is 5.32 Å². The summed E-state index contributed by atoms with van der Waals surface area (Å²) < 4.78 is 77.4. The largest absolute Gasteiger partial charge is 0.433 e. The monoisotopic (exact) mass is 391 g/mol. The fourth-order valence-electron chi connectivity index (χ4n) is 2.20. The maximum Gasteiger partial charge on any atom is 0.433 e. The quantitative estimate of drug-likeness (QED) is 0.702. The number of pyridine rings is 2. The van der Waals surface area contributed by atoms with E-state index in [4.69, 9.17) is 0 Å². The molecule has 0 bridgehead atoms. The molecule has 0 aliphatic heterocycles. The zero-order valence-corrected chi connectivity index (χ0v) is 14.9. The number of halogens is 6. The van der Waals surface area contributed by atoms with Crippen LogP contribution in [0, 0.1) is 5.92 Å². The van der Waals surface area contributed by atoms with E-state index >= 15 is 0 Å². The third kappa shape index (κ3) is 5.66. The first-order valence-electron chi connectivity index (χ1n) is 8.23. The Hall–Kier alpha value is -2.16. The molecule has 2 rings (SSSR count). The molecule has 0 aliphatic rings. The highest BCUT2D eigenvalue weighted by atomic mass is 19.4.